The van der Waals surface area contributed by atoms with E-state index in [1.807, 2.05) is 24.5 Å². The van der Waals surface area contributed by atoms with Gasteiger partial charge in [-0.15, -0.1) is 0 Å². The van der Waals surface area contributed by atoms with Gasteiger partial charge in [-0.25, -0.2) is 0 Å². The molecule has 0 spiro atoms. The van der Waals surface area contributed by atoms with Crippen molar-refractivity contribution < 1.29 is 0 Å². The fraction of sp³-hybridized carbons (Fsp3) is 0.0698. The van der Waals surface area contributed by atoms with E-state index in [9.17, 15) is 0 Å². The van der Waals surface area contributed by atoms with Crippen LogP contribution in [0.1, 0.15) is 19.4 Å². The Kier molecular flexibility index (Phi) is 6.12. The third-order valence-electron chi connectivity index (χ3n) is 9.60. The molecule has 3 aromatic heterocycles. The Hall–Kier alpha value is -6.00. The minimum atomic E-state index is -0.193. The van der Waals surface area contributed by atoms with Gasteiger partial charge in [-0.3, -0.25) is 9.97 Å². The highest BCUT2D eigenvalue weighted by Crippen LogP contribution is 2.48. The maximum atomic E-state index is 5.02. The Labute approximate surface area is 274 Å². The molecule has 0 fully saturated rings. The monoisotopic (exact) mass is 604 g/mol. The van der Waals surface area contributed by atoms with E-state index in [0.29, 0.717) is 0 Å². The highest BCUT2D eigenvalue weighted by molar-refractivity contribution is 5.99. The van der Waals surface area contributed by atoms with Crippen molar-refractivity contribution in [3.05, 3.63) is 164 Å². The third kappa shape index (κ3) is 4.37. The summed E-state index contributed by atoms with van der Waals surface area (Å²) in [7, 11) is 0. The van der Waals surface area contributed by atoms with Crippen LogP contribution in [-0.4, -0.2) is 14.5 Å². The van der Waals surface area contributed by atoms with E-state index in [-0.39, 0.29) is 5.54 Å². The van der Waals surface area contributed by atoms with Crippen LogP contribution in [0, 0.1) is 0 Å². The number of benzene rings is 5. The van der Waals surface area contributed by atoms with Gasteiger partial charge in [-0.05, 0) is 91.5 Å². The first kappa shape index (κ1) is 27.3. The quantitative estimate of drug-likeness (QED) is 0.196. The molecular weight excluding hydrogens is 573 g/mol. The summed E-state index contributed by atoms with van der Waals surface area (Å²) in [5.74, 6) is 0. The van der Waals surface area contributed by atoms with Gasteiger partial charge in [0.05, 0.1) is 40.2 Å². The summed E-state index contributed by atoms with van der Waals surface area (Å²) >= 11 is 0. The standard InChI is InChI=1S/C43H32N4/c1-43(2)37-26-31(38-16-8-9-24-44-38)18-21-36(37)42-27-32-25-30(19-23-40(32)47(42)43)39-22-20-34(28-45-39)46(33-13-4-3-5-14-33)41-17-10-12-29-11-6-7-15-35(29)41/h3-28H,1-2H3. The van der Waals surface area contributed by atoms with Crippen LogP contribution in [-0.2, 0) is 5.54 Å². The zero-order valence-corrected chi connectivity index (χ0v) is 26.3. The smallest absolute Gasteiger partial charge is 0.0703 e. The van der Waals surface area contributed by atoms with Gasteiger partial charge in [0.15, 0.2) is 0 Å². The largest absolute Gasteiger partial charge is 0.331 e. The molecular formula is C43H32N4. The second-order valence-electron chi connectivity index (χ2n) is 12.7. The molecule has 0 N–H and O–H groups in total. The molecule has 1 aliphatic rings. The molecule has 4 heterocycles. The Morgan fingerprint density at radius 1 is 0.574 bits per heavy atom. The Balaban J connectivity index is 1.09. The Bertz CT molecular complexity index is 2420. The molecule has 0 aliphatic carbocycles. The SMILES string of the molecule is CC1(C)c2cc(-c3ccccn3)ccc2-c2cc3cc(-c4ccc(N(c5ccccc5)c5cccc6ccccc56)cn4)ccc3n21. The summed E-state index contributed by atoms with van der Waals surface area (Å²) in [4.78, 5) is 11.9. The number of fused-ring (bicyclic) bond motifs is 6. The van der Waals surface area contributed by atoms with Crippen molar-refractivity contribution in [2.45, 2.75) is 19.4 Å². The number of rotatable bonds is 5. The summed E-state index contributed by atoms with van der Waals surface area (Å²) in [5.41, 5.74) is 12.3. The molecule has 0 saturated heterocycles. The molecule has 4 nitrogen and oxygen atoms in total. The molecule has 8 aromatic rings. The van der Waals surface area contributed by atoms with Crippen molar-refractivity contribution in [1.82, 2.24) is 14.5 Å². The predicted molar refractivity (Wildman–Crippen MR) is 194 cm³/mol. The van der Waals surface area contributed by atoms with Crippen LogP contribution in [0.5, 0.6) is 0 Å². The number of nitrogens with zero attached hydrogens (tertiary/aromatic N) is 4. The van der Waals surface area contributed by atoms with Crippen LogP contribution in [0.2, 0.25) is 0 Å². The van der Waals surface area contributed by atoms with E-state index in [4.69, 9.17) is 4.98 Å². The van der Waals surface area contributed by atoms with Gasteiger partial charge < -0.3 is 9.47 Å². The van der Waals surface area contributed by atoms with Crippen LogP contribution in [0.4, 0.5) is 17.1 Å². The molecule has 224 valence electrons. The second-order valence-corrected chi connectivity index (χ2v) is 12.7. The molecule has 0 amide bonds. The van der Waals surface area contributed by atoms with Crippen molar-refractivity contribution in [2.75, 3.05) is 4.90 Å². The number of para-hydroxylation sites is 1. The van der Waals surface area contributed by atoms with E-state index in [2.05, 4.69) is 162 Å². The van der Waals surface area contributed by atoms with Crippen molar-refractivity contribution in [2.24, 2.45) is 0 Å². The van der Waals surface area contributed by atoms with Crippen LogP contribution in [0.3, 0.4) is 0 Å². The van der Waals surface area contributed by atoms with Crippen molar-refractivity contribution in [1.29, 1.82) is 0 Å². The van der Waals surface area contributed by atoms with Gasteiger partial charge >= 0.3 is 0 Å². The molecule has 4 heteroatoms. The minimum absolute atomic E-state index is 0.193. The molecule has 0 radical (unpaired) electrons. The van der Waals surface area contributed by atoms with Gasteiger partial charge in [0, 0.05) is 44.9 Å². The van der Waals surface area contributed by atoms with E-state index >= 15 is 0 Å². The molecule has 0 unspecified atom stereocenters. The zero-order valence-electron chi connectivity index (χ0n) is 26.3. The molecule has 9 rings (SSSR count). The van der Waals surface area contributed by atoms with Gasteiger partial charge in [0.25, 0.3) is 0 Å². The maximum absolute atomic E-state index is 5.02. The molecule has 0 bridgehead atoms. The normalized spacial score (nSPS) is 13.1. The highest BCUT2D eigenvalue weighted by atomic mass is 15.1. The predicted octanol–water partition coefficient (Wildman–Crippen LogP) is 11.2. The number of anilines is 3. The Morgan fingerprint density at radius 2 is 1.34 bits per heavy atom. The van der Waals surface area contributed by atoms with E-state index < -0.39 is 0 Å². The summed E-state index contributed by atoms with van der Waals surface area (Å²) in [6.45, 7) is 4.62. The van der Waals surface area contributed by atoms with Crippen molar-refractivity contribution in [3.63, 3.8) is 0 Å². The molecule has 0 atom stereocenters. The zero-order chi connectivity index (χ0) is 31.5. The van der Waals surface area contributed by atoms with Gasteiger partial charge in [-0.2, -0.15) is 0 Å². The van der Waals surface area contributed by atoms with E-state index in [1.165, 1.54) is 38.5 Å². The van der Waals surface area contributed by atoms with E-state index in [1.54, 1.807) is 0 Å². The van der Waals surface area contributed by atoms with Crippen molar-refractivity contribution in [3.8, 4) is 33.8 Å². The number of aromatic nitrogens is 3. The topological polar surface area (TPSA) is 34.0 Å². The lowest BCUT2D eigenvalue weighted by molar-refractivity contribution is 0.476. The summed E-state index contributed by atoms with van der Waals surface area (Å²) in [6, 6.07) is 51.8. The Morgan fingerprint density at radius 3 is 2.17 bits per heavy atom. The molecule has 5 aromatic carbocycles. The molecule has 1 aliphatic heterocycles. The average molecular weight is 605 g/mol. The van der Waals surface area contributed by atoms with Gasteiger partial charge in [0.2, 0.25) is 0 Å². The highest BCUT2D eigenvalue weighted by Gasteiger charge is 2.36. The van der Waals surface area contributed by atoms with Gasteiger partial charge in [0.1, 0.15) is 0 Å². The first-order valence-electron chi connectivity index (χ1n) is 16.1. The fourth-order valence-electron chi connectivity index (χ4n) is 7.36. The lowest BCUT2D eigenvalue weighted by atomic mass is 9.90. The van der Waals surface area contributed by atoms with Crippen LogP contribution in [0.15, 0.2) is 158 Å². The number of hydrogen-bond acceptors (Lipinski definition) is 3. The fourth-order valence-corrected chi connectivity index (χ4v) is 7.36. The summed E-state index contributed by atoms with van der Waals surface area (Å²) in [6.07, 6.45) is 3.85. The second kappa shape index (κ2) is 10.5. The lowest BCUT2D eigenvalue weighted by Gasteiger charge is -2.26. The molecule has 0 saturated carbocycles. The lowest BCUT2D eigenvalue weighted by Crippen LogP contribution is -2.23. The number of pyridine rings is 2. The summed E-state index contributed by atoms with van der Waals surface area (Å²) in [5, 5.41) is 3.63. The van der Waals surface area contributed by atoms with Crippen LogP contribution in [0.25, 0.3) is 55.4 Å². The van der Waals surface area contributed by atoms with Crippen molar-refractivity contribution >= 4 is 38.7 Å². The average Bonchev–Trinajstić information content (AvgIpc) is 3.62. The maximum Gasteiger partial charge on any atom is 0.0703 e. The summed E-state index contributed by atoms with van der Waals surface area (Å²) < 4.78 is 2.48. The molecule has 47 heavy (non-hydrogen) atoms. The van der Waals surface area contributed by atoms with Gasteiger partial charge in [-0.1, -0.05) is 78.9 Å². The third-order valence-corrected chi connectivity index (χ3v) is 9.60. The number of hydrogen-bond donors (Lipinski definition) is 0. The first-order chi connectivity index (χ1) is 23.1. The van der Waals surface area contributed by atoms with Crippen LogP contribution >= 0.6 is 0 Å². The minimum Gasteiger partial charge on any atom is -0.331 e. The van der Waals surface area contributed by atoms with Crippen LogP contribution < -0.4 is 4.90 Å². The van der Waals surface area contributed by atoms with E-state index in [0.717, 1.165) is 39.6 Å². The first-order valence-corrected chi connectivity index (χ1v) is 16.1.